The molecule has 1 aromatic carbocycles. The predicted octanol–water partition coefficient (Wildman–Crippen LogP) is 2.63. The molecular formula is C14H22ClN3O. The van der Waals surface area contributed by atoms with Gasteiger partial charge < -0.3 is 16.3 Å². The molecule has 0 aliphatic heterocycles. The first-order chi connectivity index (χ1) is 8.95. The van der Waals surface area contributed by atoms with Crippen LogP contribution in [0.15, 0.2) is 29.4 Å². The maximum Gasteiger partial charge on any atom is 0.144 e. The molecule has 0 radical (unpaired) electrons. The molecule has 4 nitrogen and oxygen atoms in total. The van der Waals surface area contributed by atoms with Crippen molar-refractivity contribution in [2.75, 3.05) is 13.1 Å². The van der Waals surface area contributed by atoms with Gasteiger partial charge in [0.15, 0.2) is 0 Å². The quantitative estimate of drug-likeness (QED) is 0.237. The van der Waals surface area contributed by atoms with Gasteiger partial charge in [-0.05, 0) is 43.6 Å². The van der Waals surface area contributed by atoms with Crippen molar-refractivity contribution < 1.29 is 5.21 Å². The summed E-state index contributed by atoms with van der Waals surface area (Å²) in [6, 6.07) is 7.87. The Morgan fingerprint density at radius 2 is 1.95 bits per heavy atom. The average molecular weight is 284 g/mol. The lowest BCUT2D eigenvalue weighted by Crippen LogP contribution is -2.35. The number of halogens is 1. The Labute approximate surface area is 119 Å². The summed E-state index contributed by atoms with van der Waals surface area (Å²) >= 11 is 5.83. The summed E-state index contributed by atoms with van der Waals surface area (Å²) in [4.78, 5) is 0. The van der Waals surface area contributed by atoms with Crippen molar-refractivity contribution in [2.24, 2.45) is 16.3 Å². The number of nitrogens with one attached hydrogen (secondary N) is 1. The van der Waals surface area contributed by atoms with Gasteiger partial charge in [-0.15, -0.1) is 0 Å². The van der Waals surface area contributed by atoms with E-state index in [-0.39, 0.29) is 11.3 Å². The van der Waals surface area contributed by atoms with Gasteiger partial charge in [-0.2, -0.15) is 0 Å². The molecule has 0 saturated heterocycles. The number of rotatable bonds is 7. The molecule has 0 unspecified atom stereocenters. The zero-order valence-corrected chi connectivity index (χ0v) is 12.2. The second-order valence-electron chi connectivity index (χ2n) is 5.25. The number of amidine groups is 1. The summed E-state index contributed by atoms with van der Waals surface area (Å²) in [5, 5.41) is 15.9. The summed E-state index contributed by atoms with van der Waals surface area (Å²) in [5.41, 5.74) is 6.60. The first-order valence-corrected chi connectivity index (χ1v) is 6.76. The van der Waals surface area contributed by atoms with Gasteiger partial charge in [0.25, 0.3) is 0 Å². The van der Waals surface area contributed by atoms with E-state index in [1.54, 1.807) is 0 Å². The number of benzene rings is 1. The third-order valence-corrected chi connectivity index (χ3v) is 3.48. The van der Waals surface area contributed by atoms with Crippen LogP contribution >= 0.6 is 11.6 Å². The number of nitrogens with two attached hydrogens (primary N) is 1. The minimum atomic E-state index is -0.290. The number of nitrogens with zero attached hydrogens (tertiary/aromatic N) is 1. The smallest absolute Gasteiger partial charge is 0.144 e. The van der Waals surface area contributed by atoms with Crippen molar-refractivity contribution >= 4 is 17.4 Å². The molecule has 4 N–H and O–H groups in total. The number of oxime groups is 1. The highest BCUT2D eigenvalue weighted by Gasteiger charge is 2.22. The van der Waals surface area contributed by atoms with E-state index in [4.69, 9.17) is 22.5 Å². The molecule has 1 aromatic rings. The van der Waals surface area contributed by atoms with Gasteiger partial charge in [0.2, 0.25) is 0 Å². The Morgan fingerprint density at radius 3 is 2.53 bits per heavy atom. The first kappa shape index (κ1) is 15.8. The molecule has 0 amide bonds. The molecule has 0 atom stereocenters. The molecule has 106 valence electrons. The Kier molecular flexibility index (Phi) is 6.12. The molecular weight excluding hydrogens is 262 g/mol. The molecule has 0 aliphatic rings. The zero-order chi connectivity index (χ0) is 14.3. The summed E-state index contributed by atoms with van der Waals surface area (Å²) < 4.78 is 0. The van der Waals surface area contributed by atoms with Gasteiger partial charge in [-0.1, -0.05) is 42.7 Å². The van der Waals surface area contributed by atoms with Gasteiger partial charge in [-0.3, -0.25) is 0 Å². The Bertz CT molecular complexity index is 415. The highest BCUT2D eigenvalue weighted by molar-refractivity contribution is 6.30. The lowest BCUT2D eigenvalue weighted by Gasteiger charge is -2.22. The maximum atomic E-state index is 8.68. The van der Waals surface area contributed by atoms with Crippen molar-refractivity contribution in [3.63, 3.8) is 0 Å². The average Bonchev–Trinajstić information content (AvgIpc) is 2.39. The second-order valence-corrected chi connectivity index (χ2v) is 5.68. The second kappa shape index (κ2) is 7.36. The third-order valence-electron chi connectivity index (χ3n) is 3.23. The molecule has 0 fully saturated rings. The van der Waals surface area contributed by atoms with Crippen molar-refractivity contribution in [1.29, 1.82) is 0 Å². The highest BCUT2D eigenvalue weighted by Crippen LogP contribution is 2.19. The molecule has 1 rings (SSSR count). The van der Waals surface area contributed by atoms with Crippen molar-refractivity contribution in [3.05, 3.63) is 34.9 Å². The zero-order valence-electron chi connectivity index (χ0n) is 11.5. The minimum absolute atomic E-state index is 0.270. The predicted molar refractivity (Wildman–Crippen MR) is 79.8 cm³/mol. The Hall–Kier alpha value is -1.26. The van der Waals surface area contributed by atoms with Crippen LogP contribution in [0.5, 0.6) is 0 Å². The van der Waals surface area contributed by atoms with Gasteiger partial charge in [0, 0.05) is 10.4 Å². The Morgan fingerprint density at radius 1 is 1.32 bits per heavy atom. The standard InChI is InChI=1S/C14H22ClN3O/c1-14(2,13(16)18-19)8-10-17-9-7-11-3-5-12(15)6-4-11/h3-6,17,19H,7-10H2,1-2H3,(H2,16,18). The number of hydrogen-bond acceptors (Lipinski definition) is 3. The molecule has 0 aromatic heterocycles. The number of hydrogen-bond donors (Lipinski definition) is 3. The minimum Gasteiger partial charge on any atom is -0.409 e. The Balaban J connectivity index is 2.23. The van der Waals surface area contributed by atoms with E-state index >= 15 is 0 Å². The summed E-state index contributed by atoms with van der Waals surface area (Å²) in [7, 11) is 0. The monoisotopic (exact) mass is 283 g/mol. The van der Waals surface area contributed by atoms with E-state index in [1.165, 1.54) is 5.56 Å². The normalized spacial score (nSPS) is 12.7. The lowest BCUT2D eigenvalue weighted by molar-refractivity contribution is 0.305. The highest BCUT2D eigenvalue weighted by atomic mass is 35.5. The molecule has 0 aliphatic carbocycles. The van der Waals surface area contributed by atoms with Crippen LogP contribution in [0.3, 0.4) is 0 Å². The fourth-order valence-corrected chi connectivity index (χ4v) is 1.80. The lowest BCUT2D eigenvalue weighted by atomic mass is 9.88. The van der Waals surface area contributed by atoms with E-state index in [0.717, 1.165) is 31.0 Å². The third kappa shape index (κ3) is 5.49. The van der Waals surface area contributed by atoms with E-state index in [0.29, 0.717) is 0 Å². The van der Waals surface area contributed by atoms with Crippen LogP contribution in [0.25, 0.3) is 0 Å². The topological polar surface area (TPSA) is 70.6 Å². The van der Waals surface area contributed by atoms with E-state index in [9.17, 15) is 0 Å². The van der Waals surface area contributed by atoms with Crippen LogP contribution in [0, 0.1) is 5.41 Å². The SMILES string of the molecule is CC(C)(CCNCCc1ccc(Cl)cc1)C(N)=NO. The largest absolute Gasteiger partial charge is 0.409 e. The van der Waals surface area contributed by atoms with Crippen LogP contribution in [0.1, 0.15) is 25.8 Å². The van der Waals surface area contributed by atoms with Crippen LogP contribution in [-0.2, 0) is 6.42 Å². The van der Waals surface area contributed by atoms with Crippen LogP contribution in [-0.4, -0.2) is 24.1 Å². The van der Waals surface area contributed by atoms with Crippen molar-refractivity contribution in [3.8, 4) is 0 Å². The van der Waals surface area contributed by atoms with Crippen molar-refractivity contribution in [2.45, 2.75) is 26.7 Å². The fraction of sp³-hybridized carbons (Fsp3) is 0.500. The molecule has 0 heterocycles. The van der Waals surface area contributed by atoms with Crippen molar-refractivity contribution in [1.82, 2.24) is 5.32 Å². The van der Waals surface area contributed by atoms with E-state index in [1.807, 2.05) is 38.1 Å². The maximum absolute atomic E-state index is 8.68. The van der Waals surface area contributed by atoms with Gasteiger partial charge in [0.1, 0.15) is 5.84 Å². The van der Waals surface area contributed by atoms with Crippen LogP contribution in [0.4, 0.5) is 0 Å². The summed E-state index contributed by atoms with van der Waals surface area (Å²) in [6.45, 7) is 5.65. The van der Waals surface area contributed by atoms with Gasteiger partial charge in [0.05, 0.1) is 0 Å². The first-order valence-electron chi connectivity index (χ1n) is 6.39. The van der Waals surface area contributed by atoms with Gasteiger partial charge in [-0.25, -0.2) is 0 Å². The summed E-state index contributed by atoms with van der Waals surface area (Å²) in [5.74, 6) is 0.270. The van der Waals surface area contributed by atoms with E-state index < -0.39 is 0 Å². The summed E-state index contributed by atoms with van der Waals surface area (Å²) in [6.07, 6.45) is 1.78. The van der Waals surface area contributed by atoms with E-state index in [2.05, 4.69) is 10.5 Å². The molecule has 0 saturated carbocycles. The fourth-order valence-electron chi connectivity index (χ4n) is 1.67. The van der Waals surface area contributed by atoms with Crippen LogP contribution < -0.4 is 11.1 Å². The molecule has 5 heteroatoms. The van der Waals surface area contributed by atoms with Crippen LogP contribution in [0.2, 0.25) is 5.02 Å². The van der Waals surface area contributed by atoms with Gasteiger partial charge >= 0.3 is 0 Å². The molecule has 0 spiro atoms. The molecule has 19 heavy (non-hydrogen) atoms. The molecule has 0 bridgehead atoms.